The molecule has 1 aromatic rings. The Morgan fingerprint density at radius 3 is 3.21 bits per heavy atom. The molecule has 1 unspecified atom stereocenters. The number of hydrogen-bond donors (Lipinski definition) is 1. The predicted octanol–water partition coefficient (Wildman–Crippen LogP) is 3.41. The number of hydrogen-bond acceptors (Lipinski definition) is 3. The van der Waals surface area contributed by atoms with E-state index < -0.39 is 0 Å². The molecule has 0 aromatic carbocycles. The summed E-state index contributed by atoms with van der Waals surface area (Å²) in [7, 11) is 0. The number of nitrogens with zero attached hydrogens (tertiary/aromatic N) is 1. The monoisotopic (exact) mass is 292 g/mol. The first-order chi connectivity index (χ1) is 6.75. The smallest absolute Gasteiger partial charge is 0.152 e. The summed E-state index contributed by atoms with van der Waals surface area (Å²) in [6.07, 6.45) is 2.91. The number of anilines is 1. The lowest BCUT2D eigenvalue weighted by atomic mass is 10.2. The Morgan fingerprint density at radius 2 is 2.50 bits per heavy atom. The van der Waals surface area contributed by atoms with E-state index >= 15 is 0 Å². The summed E-state index contributed by atoms with van der Waals surface area (Å²) >= 11 is 11.3. The topological polar surface area (TPSA) is 24.9 Å². The van der Waals surface area contributed by atoms with Crippen LogP contribution in [0.2, 0.25) is 5.15 Å². The van der Waals surface area contributed by atoms with Gasteiger partial charge in [-0.05, 0) is 34.2 Å². The Balaban J connectivity index is 2.10. The van der Waals surface area contributed by atoms with E-state index in [9.17, 15) is 0 Å². The average molecular weight is 294 g/mol. The van der Waals surface area contributed by atoms with Crippen LogP contribution in [0.15, 0.2) is 16.7 Å². The van der Waals surface area contributed by atoms with Gasteiger partial charge in [0.25, 0.3) is 0 Å². The first-order valence-electron chi connectivity index (χ1n) is 4.41. The number of halogens is 2. The SMILES string of the molecule is Clc1ncc(Br)cc1NC1CCSC1. The van der Waals surface area contributed by atoms with Crippen LogP contribution in [0.1, 0.15) is 6.42 Å². The molecule has 2 nitrogen and oxygen atoms in total. The largest absolute Gasteiger partial charge is 0.379 e. The zero-order valence-electron chi connectivity index (χ0n) is 7.46. The van der Waals surface area contributed by atoms with Crippen molar-refractivity contribution in [1.82, 2.24) is 4.98 Å². The minimum Gasteiger partial charge on any atom is -0.379 e. The third-order valence-electron chi connectivity index (χ3n) is 2.10. The van der Waals surface area contributed by atoms with Gasteiger partial charge in [0, 0.05) is 22.5 Å². The number of aromatic nitrogens is 1. The lowest BCUT2D eigenvalue weighted by molar-refractivity contribution is 0.812. The Morgan fingerprint density at radius 1 is 1.64 bits per heavy atom. The Kier molecular flexibility index (Phi) is 3.57. The van der Waals surface area contributed by atoms with Crippen molar-refractivity contribution in [3.63, 3.8) is 0 Å². The lowest BCUT2D eigenvalue weighted by Gasteiger charge is -2.13. The molecule has 76 valence electrons. The Bertz CT molecular complexity index is 329. The molecule has 1 aromatic heterocycles. The normalized spacial score (nSPS) is 21.1. The summed E-state index contributed by atoms with van der Waals surface area (Å²) < 4.78 is 0.954. The molecular weight excluding hydrogens is 284 g/mol. The van der Waals surface area contributed by atoms with Crippen molar-refractivity contribution >= 4 is 45.0 Å². The molecule has 0 radical (unpaired) electrons. The van der Waals surface area contributed by atoms with Gasteiger partial charge in [-0.2, -0.15) is 11.8 Å². The van der Waals surface area contributed by atoms with Gasteiger partial charge in [0.15, 0.2) is 5.15 Å². The number of rotatable bonds is 2. The highest BCUT2D eigenvalue weighted by Crippen LogP contribution is 2.27. The standard InChI is InChI=1S/C9H10BrClN2S/c10-6-3-8(9(11)12-4-6)13-7-1-2-14-5-7/h3-4,7,13H,1-2,5H2. The molecule has 1 saturated heterocycles. The third kappa shape index (κ3) is 2.55. The molecular formula is C9H10BrClN2S. The highest BCUT2D eigenvalue weighted by atomic mass is 79.9. The predicted molar refractivity (Wildman–Crippen MR) is 66.3 cm³/mol. The molecule has 0 spiro atoms. The molecule has 1 aliphatic rings. The maximum atomic E-state index is 5.97. The van der Waals surface area contributed by atoms with E-state index in [1.165, 1.54) is 12.2 Å². The third-order valence-corrected chi connectivity index (χ3v) is 3.99. The molecule has 2 rings (SSSR count). The van der Waals surface area contributed by atoms with Crippen LogP contribution in [0.3, 0.4) is 0 Å². The van der Waals surface area contributed by atoms with Gasteiger partial charge >= 0.3 is 0 Å². The van der Waals surface area contributed by atoms with Gasteiger partial charge in [0.1, 0.15) is 0 Å². The van der Waals surface area contributed by atoms with Crippen molar-refractivity contribution in [2.75, 3.05) is 16.8 Å². The van der Waals surface area contributed by atoms with E-state index in [1.54, 1.807) is 6.20 Å². The van der Waals surface area contributed by atoms with E-state index in [2.05, 4.69) is 26.2 Å². The van der Waals surface area contributed by atoms with Crippen LogP contribution in [0.4, 0.5) is 5.69 Å². The fourth-order valence-electron chi connectivity index (χ4n) is 1.39. The van der Waals surface area contributed by atoms with E-state index in [1.807, 2.05) is 17.8 Å². The second kappa shape index (κ2) is 4.73. The number of thioether (sulfide) groups is 1. The molecule has 1 aliphatic heterocycles. The summed E-state index contributed by atoms with van der Waals surface area (Å²) in [5, 5.41) is 3.95. The fraction of sp³-hybridized carbons (Fsp3) is 0.444. The second-order valence-corrected chi connectivity index (χ2v) is 5.62. The molecule has 1 fully saturated rings. The zero-order valence-corrected chi connectivity index (χ0v) is 10.6. The Labute approximate surface area is 101 Å². The van der Waals surface area contributed by atoms with Gasteiger partial charge in [-0.25, -0.2) is 4.98 Å². The van der Waals surface area contributed by atoms with E-state index in [4.69, 9.17) is 11.6 Å². The second-order valence-electron chi connectivity index (χ2n) is 3.20. The van der Waals surface area contributed by atoms with Crippen LogP contribution >= 0.6 is 39.3 Å². The quantitative estimate of drug-likeness (QED) is 0.846. The highest BCUT2D eigenvalue weighted by molar-refractivity contribution is 9.10. The summed E-state index contributed by atoms with van der Waals surface area (Å²) in [5.74, 6) is 2.39. The number of pyridine rings is 1. The maximum absolute atomic E-state index is 5.97. The van der Waals surface area contributed by atoms with Crippen LogP contribution in [0.5, 0.6) is 0 Å². The van der Waals surface area contributed by atoms with E-state index in [0.29, 0.717) is 11.2 Å². The van der Waals surface area contributed by atoms with Crippen LogP contribution in [0.25, 0.3) is 0 Å². The maximum Gasteiger partial charge on any atom is 0.152 e. The van der Waals surface area contributed by atoms with Crippen LogP contribution < -0.4 is 5.32 Å². The summed E-state index contributed by atoms with van der Waals surface area (Å²) in [4.78, 5) is 4.07. The molecule has 14 heavy (non-hydrogen) atoms. The van der Waals surface area contributed by atoms with Gasteiger partial charge in [-0.3, -0.25) is 0 Å². The molecule has 1 N–H and O–H groups in total. The van der Waals surface area contributed by atoms with Gasteiger partial charge in [0.05, 0.1) is 5.69 Å². The van der Waals surface area contributed by atoms with Crippen molar-refractivity contribution in [2.45, 2.75) is 12.5 Å². The number of nitrogens with one attached hydrogen (secondary N) is 1. The van der Waals surface area contributed by atoms with E-state index in [0.717, 1.165) is 15.9 Å². The lowest BCUT2D eigenvalue weighted by Crippen LogP contribution is -2.18. The minimum absolute atomic E-state index is 0.536. The van der Waals surface area contributed by atoms with Crippen molar-refractivity contribution in [1.29, 1.82) is 0 Å². The van der Waals surface area contributed by atoms with Crippen molar-refractivity contribution in [2.24, 2.45) is 0 Å². The van der Waals surface area contributed by atoms with Crippen LogP contribution in [-0.4, -0.2) is 22.5 Å². The van der Waals surface area contributed by atoms with Gasteiger partial charge < -0.3 is 5.32 Å². The van der Waals surface area contributed by atoms with E-state index in [-0.39, 0.29) is 0 Å². The molecule has 0 aliphatic carbocycles. The van der Waals surface area contributed by atoms with Gasteiger partial charge in [0.2, 0.25) is 0 Å². The van der Waals surface area contributed by atoms with Crippen LogP contribution in [0, 0.1) is 0 Å². The van der Waals surface area contributed by atoms with Crippen LogP contribution in [-0.2, 0) is 0 Å². The highest BCUT2D eigenvalue weighted by Gasteiger charge is 2.16. The summed E-state index contributed by atoms with van der Waals surface area (Å²) in [5.41, 5.74) is 0.925. The summed E-state index contributed by atoms with van der Waals surface area (Å²) in [6, 6.07) is 2.51. The molecule has 1 atom stereocenters. The molecule has 0 saturated carbocycles. The molecule has 0 amide bonds. The molecule has 0 bridgehead atoms. The van der Waals surface area contributed by atoms with Gasteiger partial charge in [-0.1, -0.05) is 11.6 Å². The molecule has 2 heterocycles. The van der Waals surface area contributed by atoms with Crippen molar-refractivity contribution in [3.8, 4) is 0 Å². The fourth-order valence-corrected chi connectivity index (χ4v) is 3.03. The molecule has 5 heteroatoms. The van der Waals surface area contributed by atoms with Crippen molar-refractivity contribution in [3.05, 3.63) is 21.9 Å². The van der Waals surface area contributed by atoms with Crippen molar-refractivity contribution < 1.29 is 0 Å². The first-order valence-corrected chi connectivity index (χ1v) is 6.73. The first kappa shape index (κ1) is 10.6. The van der Waals surface area contributed by atoms with Gasteiger partial charge in [-0.15, -0.1) is 0 Å². The Hall–Kier alpha value is 0.0700. The average Bonchev–Trinajstić information content (AvgIpc) is 2.64. The summed E-state index contributed by atoms with van der Waals surface area (Å²) in [6.45, 7) is 0. The zero-order chi connectivity index (χ0) is 9.97. The minimum atomic E-state index is 0.536.